The summed E-state index contributed by atoms with van der Waals surface area (Å²) in [7, 11) is 0. The maximum Gasteiger partial charge on any atom is 0.276 e. The molecule has 0 spiro atoms. The number of carbonyl (C=O) groups is 1. The second kappa shape index (κ2) is 5.88. The molecule has 0 bridgehead atoms. The fraction of sp³-hybridized carbons (Fsp3) is 0.389. The third-order valence-corrected chi connectivity index (χ3v) is 5.86. The van der Waals surface area contributed by atoms with Crippen molar-refractivity contribution < 1.29 is 9.21 Å². The zero-order valence-corrected chi connectivity index (χ0v) is 15.4. The highest BCUT2D eigenvalue weighted by Crippen LogP contribution is 2.56. The van der Waals surface area contributed by atoms with E-state index < -0.39 is 5.54 Å². The molecule has 1 amide bonds. The maximum absolute atomic E-state index is 13.2. The van der Waals surface area contributed by atoms with Crippen LogP contribution >= 0.6 is 11.6 Å². The number of benzene rings is 1. The van der Waals surface area contributed by atoms with Crippen LogP contribution in [0.25, 0.3) is 5.69 Å². The molecule has 1 aliphatic carbocycles. The van der Waals surface area contributed by atoms with E-state index in [0.717, 1.165) is 19.3 Å². The Labute approximate surface area is 160 Å². The highest BCUT2D eigenvalue weighted by Gasteiger charge is 2.61. The highest BCUT2D eigenvalue weighted by molar-refractivity contribution is 6.30. The number of likely N-dealkylation sites (tertiary alicyclic amines) is 1. The predicted molar refractivity (Wildman–Crippen MR) is 95.5 cm³/mol. The van der Waals surface area contributed by atoms with Crippen LogP contribution in [0.15, 0.2) is 34.9 Å². The van der Waals surface area contributed by atoms with Gasteiger partial charge in [-0.2, -0.15) is 9.90 Å². The lowest BCUT2D eigenvalue weighted by molar-refractivity contribution is -0.00382. The number of fused-ring (bicyclic) bond motifs is 1. The van der Waals surface area contributed by atoms with Crippen LogP contribution in [0.2, 0.25) is 5.02 Å². The van der Waals surface area contributed by atoms with E-state index in [-0.39, 0.29) is 11.6 Å². The van der Waals surface area contributed by atoms with Gasteiger partial charge in [0.1, 0.15) is 5.54 Å². The zero-order valence-electron chi connectivity index (χ0n) is 14.7. The fourth-order valence-electron chi connectivity index (χ4n) is 4.22. The standard InChI is InChI=1S/C18H17ClN6O2/c1-11-21-22-17(27-11)18-7-5-12(18)6-8-24(18)16(26)15-10-20-25(23-15)14-4-2-3-13(19)9-14/h2-4,9-10,12H,5-8H2,1H3/t12-,18-/m0/s1. The van der Waals surface area contributed by atoms with Crippen LogP contribution in [0.4, 0.5) is 0 Å². The molecule has 1 aliphatic heterocycles. The number of hydrogen-bond donors (Lipinski definition) is 0. The largest absolute Gasteiger partial charge is 0.423 e. The lowest BCUT2D eigenvalue weighted by atomic mass is 9.67. The molecule has 1 saturated carbocycles. The Morgan fingerprint density at radius 2 is 2.22 bits per heavy atom. The Balaban J connectivity index is 1.47. The molecule has 138 valence electrons. The minimum absolute atomic E-state index is 0.165. The fourth-order valence-corrected chi connectivity index (χ4v) is 4.40. The molecule has 2 aliphatic rings. The number of aryl methyl sites for hydroxylation is 1. The van der Waals surface area contributed by atoms with Crippen LogP contribution in [0.3, 0.4) is 0 Å². The molecule has 2 atom stereocenters. The molecule has 3 aromatic rings. The second-order valence-electron chi connectivity index (χ2n) is 7.03. The molecule has 1 aromatic carbocycles. The predicted octanol–water partition coefficient (Wildman–Crippen LogP) is 2.76. The van der Waals surface area contributed by atoms with Gasteiger partial charge in [0, 0.05) is 18.5 Å². The van der Waals surface area contributed by atoms with Gasteiger partial charge < -0.3 is 9.32 Å². The molecular formula is C18H17ClN6O2. The average Bonchev–Trinajstić information content (AvgIpc) is 3.33. The molecule has 3 heterocycles. The number of hydrogen-bond acceptors (Lipinski definition) is 6. The summed E-state index contributed by atoms with van der Waals surface area (Å²) in [6.45, 7) is 2.41. The van der Waals surface area contributed by atoms with Crippen LogP contribution in [0.1, 0.15) is 41.5 Å². The molecule has 9 heteroatoms. The first kappa shape index (κ1) is 16.4. The summed E-state index contributed by atoms with van der Waals surface area (Å²) in [4.78, 5) is 16.5. The van der Waals surface area contributed by atoms with Crippen LogP contribution in [-0.2, 0) is 5.54 Å². The lowest BCUT2D eigenvalue weighted by Gasteiger charge is -2.46. The van der Waals surface area contributed by atoms with Crippen LogP contribution in [-0.4, -0.2) is 42.5 Å². The zero-order chi connectivity index (χ0) is 18.6. The Hall–Kier alpha value is -2.74. The van der Waals surface area contributed by atoms with Gasteiger partial charge in [-0.05, 0) is 43.4 Å². The van der Waals surface area contributed by atoms with Crippen molar-refractivity contribution >= 4 is 17.5 Å². The van der Waals surface area contributed by atoms with E-state index in [1.807, 2.05) is 17.0 Å². The number of amides is 1. The molecule has 0 radical (unpaired) electrons. The average molecular weight is 385 g/mol. The van der Waals surface area contributed by atoms with Crippen LogP contribution in [0, 0.1) is 12.8 Å². The van der Waals surface area contributed by atoms with E-state index in [1.54, 1.807) is 19.1 Å². The van der Waals surface area contributed by atoms with E-state index in [0.29, 0.717) is 35.0 Å². The normalized spacial score (nSPS) is 23.9. The Kier molecular flexibility index (Phi) is 3.58. The van der Waals surface area contributed by atoms with Gasteiger partial charge in [0.05, 0.1) is 11.9 Å². The van der Waals surface area contributed by atoms with Crippen molar-refractivity contribution in [3.63, 3.8) is 0 Å². The quantitative estimate of drug-likeness (QED) is 0.689. The van der Waals surface area contributed by atoms with Gasteiger partial charge in [0.15, 0.2) is 5.69 Å². The highest BCUT2D eigenvalue weighted by atomic mass is 35.5. The van der Waals surface area contributed by atoms with Gasteiger partial charge in [0.2, 0.25) is 11.8 Å². The monoisotopic (exact) mass is 384 g/mol. The summed E-state index contributed by atoms with van der Waals surface area (Å²) in [5.74, 6) is 1.23. The second-order valence-corrected chi connectivity index (χ2v) is 7.47. The molecule has 0 N–H and O–H groups in total. The van der Waals surface area contributed by atoms with Gasteiger partial charge in [-0.15, -0.1) is 15.3 Å². The number of nitrogens with zero attached hydrogens (tertiary/aromatic N) is 6. The third-order valence-electron chi connectivity index (χ3n) is 5.62. The maximum atomic E-state index is 13.2. The van der Waals surface area contributed by atoms with Gasteiger partial charge in [-0.1, -0.05) is 17.7 Å². The van der Waals surface area contributed by atoms with Crippen molar-refractivity contribution in [2.75, 3.05) is 6.54 Å². The number of rotatable bonds is 3. The Morgan fingerprint density at radius 1 is 1.33 bits per heavy atom. The molecule has 8 nitrogen and oxygen atoms in total. The minimum Gasteiger partial charge on any atom is -0.423 e. The molecule has 27 heavy (non-hydrogen) atoms. The molecular weight excluding hydrogens is 368 g/mol. The molecule has 2 fully saturated rings. The van der Waals surface area contributed by atoms with Crippen molar-refractivity contribution in [3.05, 3.63) is 53.0 Å². The number of aromatic nitrogens is 5. The summed E-state index contributed by atoms with van der Waals surface area (Å²) >= 11 is 6.03. The summed E-state index contributed by atoms with van der Waals surface area (Å²) < 4.78 is 5.72. The van der Waals surface area contributed by atoms with Crippen LogP contribution < -0.4 is 0 Å². The van der Waals surface area contributed by atoms with Crippen molar-refractivity contribution in [3.8, 4) is 5.69 Å². The third kappa shape index (κ3) is 2.39. The first-order valence-electron chi connectivity index (χ1n) is 8.89. The Morgan fingerprint density at radius 3 is 2.93 bits per heavy atom. The molecule has 5 rings (SSSR count). The first-order chi connectivity index (χ1) is 13.1. The summed E-state index contributed by atoms with van der Waals surface area (Å²) in [6.07, 6.45) is 4.30. The van der Waals surface area contributed by atoms with Crippen molar-refractivity contribution in [1.29, 1.82) is 0 Å². The molecule has 0 unspecified atom stereocenters. The van der Waals surface area contributed by atoms with E-state index >= 15 is 0 Å². The summed E-state index contributed by atoms with van der Waals surface area (Å²) in [6, 6.07) is 7.17. The SMILES string of the molecule is Cc1nnc([C@]23CC[C@H]2CCN3C(=O)c2cnn(-c3cccc(Cl)c3)n2)o1. The minimum atomic E-state index is -0.502. The lowest BCUT2D eigenvalue weighted by Crippen LogP contribution is -2.54. The van der Waals surface area contributed by atoms with Gasteiger partial charge >= 0.3 is 0 Å². The first-order valence-corrected chi connectivity index (χ1v) is 9.26. The van der Waals surface area contributed by atoms with Gasteiger partial charge in [0.25, 0.3) is 5.91 Å². The molecule has 1 saturated heterocycles. The van der Waals surface area contributed by atoms with Crippen molar-refractivity contribution in [2.45, 2.75) is 31.7 Å². The summed E-state index contributed by atoms with van der Waals surface area (Å²) in [5, 5.41) is 17.4. The van der Waals surface area contributed by atoms with Gasteiger partial charge in [-0.25, -0.2) is 0 Å². The number of carbonyl (C=O) groups excluding carboxylic acids is 1. The van der Waals surface area contributed by atoms with Gasteiger partial charge in [-0.3, -0.25) is 4.79 Å². The van der Waals surface area contributed by atoms with E-state index in [1.165, 1.54) is 11.0 Å². The Bertz CT molecular complexity index is 1030. The van der Waals surface area contributed by atoms with E-state index in [4.69, 9.17) is 16.0 Å². The summed E-state index contributed by atoms with van der Waals surface area (Å²) in [5.41, 5.74) is 0.489. The van der Waals surface area contributed by atoms with Crippen molar-refractivity contribution in [1.82, 2.24) is 30.1 Å². The van der Waals surface area contributed by atoms with E-state index in [9.17, 15) is 4.79 Å². The van der Waals surface area contributed by atoms with Crippen molar-refractivity contribution in [2.24, 2.45) is 5.92 Å². The topological polar surface area (TPSA) is 89.9 Å². The smallest absolute Gasteiger partial charge is 0.276 e. The van der Waals surface area contributed by atoms with E-state index in [2.05, 4.69) is 20.4 Å². The van der Waals surface area contributed by atoms with Crippen LogP contribution in [0.5, 0.6) is 0 Å². The molecule has 2 aromatic heterocycles. The number of halogens is 1.